The fraction of sp³-hybridized carbons (Fsp3) is 0.300. The summed E-state index contributed by atoms with van der Waals surface area (Å²) in [5, 5.41) is 0.401. The zero-order valence-electron chi connectivity index (χ0n) is 7.94. The zero-order chi connectivity index (χ0) is 10.8. The lowest BCUT2D eigenvalue weighted by atomic mass is 10.3. The van der Waals surface area contributed by atoms with E-state index in [4.69, 9.17) is 11.6 Å². The molecule has 78 valence electrons. The average Bonchev–Trinajstić information content (AvgIpc) is 2.53. The van der Waals surface area contributed by atoms with Gasteiger partial charge in [-0.2, -0.15) is 0 Å². The van der Waals surface area contributed by atoms with Crippen molar-refractivity contribution >= 4 is 23.4 Å². The highest BCUT2D eigenvalue weighted by Gasteiger charge is 2.28. The summed E-state index contributed by atoms with van der Waals surface area (Å²) in [6.45, 7) is 0.293. The van der Waals surface area contributed by atoms with Gasteiger partial charge in [0.15, 0.2) is 0 Å². The summed E-state index contributed by atoms with van der Waals surface area (Å²) in [6, 6.07) is 3.40. The molecule has 0 radical (unpaired) electrons. The molecule has 0 spiro atoms. The molecule has 1 fully saturated rings. The SMILES string of the molecule is O=C1CCC(=O)N1Cc1ccc(Cl)nc1. The van der Waals surface area contributed by atoms with Gasteiger partial charge in [0, 0.05) is 19.0 Å². The van der Waals surface area contributed by atoms with Crippen LogP contribution in [0.2, 0.25) is 5.15 Å². The summed E-state index contributed by atoms with van der Waals surface area (Å²) in [4.78, 5) is 27.8. The van der Waals surface area contributed by atoms with E-state index in [9.17, 15) is 9.59 Å². The van der Waals surface area contributed by atoms with Crippen LogP contribution in [0.1, 0.15) is 18.4 Å². The molecule has 1 aromatic rings. The number of halogens is 1. The normalized spacial score (nSPS) is 16.2. The van der Waals surface area contributed by atoms with E-state index < -0.39 is 0 Å². The first kappa shape index (κ1) is 10.1. The topological polar surface area (TPSA) is 50.3 Å². The van der Waals surface area contributed by atoms with E-state index in [-0.39, 0.29) is 11.8 Å². The monoisotopic (exact) mass is 224 g/mol. The molecule has 0 aliphatic carbocycles. The van der Waals surface area contributed by atoms with Crippen molar-refractivity contribution in [2.45, 2.75) is 19.4 Å². The number of imide groups is 1. The number of carbonyl (C=O) groups is 2. The van der Waals surface area contributed by atoms with Crippen LogP contribution in [-0.4, -0.2) is 21.7 Å². The molecule has 2 heterocycles. The lowest BCUT2D eigenvalue weighted by molar-refractivity contribution is -0.139. The van der Waals surface area contributed by atoms with Crippen LogP contribution in [-0.2, 0) is 16.1 Å². The summed E-state index contributed by atoms with van der Waals surface area (Å²) in [5.41, 5.74) is 0.808. The quantitative estimate of drug-likeness (QED) is 0.563. The molecule has 1 aliphatic heterocycles. The summed E-state index contributed by atoms with van der Waals surface area (Å²) < 4.78 is 0. The van der Waals surface area contributed by atoms with Gasteiger partial charge in [-0.25, -0.2) is 4.98 Å². The fourth-order valence-corrected chi connectivity index (χ4v) is 1.59. The highest BCUT2D eigenvalue weighted by Crippen LogP contribution is 2.15. The maximum Gasteiger partial charge on any atom is 0.229 e. The Morgan fingerprint density at radius 1 is 1.27 bits per heavy atom. The Bertz CT molecular complexity index is 386. The highest BCUT2D eigenvalue weighted by atomic mass is 35.5. The Morgan fingerprint density at radius 2 is 1.93 bits per heavy atom. The molecule has 1 aliphatic rings. The van der Waals surface area contributed by atoms with E-state index in [2.05, 4.69) is 4.98 Å². The molecule has 0 aromatic carbocycles. The van der Waals surface area contributed by atoms with Crippen LogP contribution in [0.15, 0.2) is 18.3 Å². The Balaban J connectivity index is 2.11. The maximum atomic E-state index is 11.3. The lowest BCUT2D eigenvalue weighted by Crippen LogP contribution is -2.28. The minimum absolute atomic E-state index is 0.116. The van der Waals surface area contributed by atoms with Crippen molar-refractivity contribution < 1.29 is 9.59 Å². The predicted molar refractivity (Wildman–Crippen MR) is 54.0 cm³/mol. The molecule has 4 nitrogen and oxygen atoms in total. The van der Waals surface area contributed by atoms with Gasteiger partial charge in [0.25, 0.3) is 0 Å². The van der Waals surface area contributed by atoms with Crippen LogP contribution < -0.4 is 0 Å². The molecule has 0 unspecified atom stereocenters. The van der Waals surface area contributed by atoms with Crippen molar-refractivity contribution in [2.75, 3.05) is 0 Å². The zero-order valence-corrected chi connectivity index (χ0v) is 8.70. The van der Waals surface area contributed by atoms with Gasteiger partial charge in [0.1, 0.15) is 5.15 Å². The Morgan fingerprint density at radius 3 is 2.47 bits per heavy atom. The highest BCUT2D eigenvalue weighted by molar-refractivity contribution is 6.29. The van der Waals surface area contributed by atoms with Crippen molar-refractivity contribution in [3.8, 4) is 0 Å². The molecular formula is C10H9ClN2O2. The Hall–Kier alpha value is -1.42. The van der Waals surface area contributed by atoms with Crippen molar-refractivity contribution in [1.82, 2.24) is 9.88 Å². The van der Waals surface area contributed by atoms with E-state index in [1.807, 2.05) is 0 Å². The molecule has 0 N–H and O–H groups in total. The van der Waals surface area contributed by atoms with Gasteiger partial charge in [0.05, 0.1) is 6.54 Å². The summed E-state index contributed by atoms with van der Waals surface area (Å²) in [6.07, 6.45) is 2.21. The molecular weight excluding hydrogens is 216 g/mol. The van der Waals surface area contributed by atoms with Gasteiger partial charge < -0.3 is 0 Å². The van der Waals surface area contributed by atoms with Crippen molar-refractivity contribution in [1.29, 1.82) is 0 Å². The number of aromatic nitrogens is 1. The third kappa shape index (κ3) is 2.15. The van der Waals surface area contributed by atoms with Gasteiger partial charge in [-0.1, -0.05) is 17.7 Å². The molecule has 5 heteroatoms. The molecule has 0 bridgehead atoms. The minimum Gasteiger partial charge on any atom is -0.278 e. The second-order valence-electron chi connectivity index (χ2n) is 3.36. The van der Waals surface area contributed by atoms with Crippen LogP contribution in [0.25, 0.3) is 0 Å². The number of amides is 2. The summed E-state index contributed by atoms with van der Waals surface area (Å²) in [5.74, 6) is -0.232. The average molecular weight is 225 g/mol. The number of hydrogen-bond donors (Lipinski definition) is 0. The van der Waals surface area contributed by atoms with Gasteiger partial charge in [-0.05, 0) is 11.6 Å². The van der Waals surface area contributed by atoms with Crippen LogP contribution in [0.4, 0.5) is 0 Å². The molecule has 2 rings (SSSR count). The number of nitrogens with zero attached hydrogens (tertiary/aromatic N) is 2. The third-order valence-corrected chi connectivity index (χ3v) is 2.51. The number of likely N-dealkylation sites (tertiary alicyclic amines) is 1. The van der Waals surface area contributed by atoms with Gasteiger partial charge in [-0.15, -0.1) is 0 Å². The van der Waals surface area contributed by atoms with E-state index in [1.54, 1.807) is 18.3 Å². The van der Waals surface area contributed by atoms with Crippen LogP contribution in [0, 0.1) is 0 Å². The lowest BCUT2D eigenvalue weighted by Gasteiger charge is -2.12. The van der Waals surface area contributed by atoms with Crippen LogP contribution >= 0.6 is 11.6 Å². The number of rotatable bonds is 2. The molecule has 1 aromatic heterocycles. The molecule has 0 saturated carbocycles. The second kappa shape index (κ2) is 3.98. The molecule has 2 amide bonds. The van der Waals surface area contributed by atoms with E-state index in [0.29, 0.717) is 24.5 Å². The minimum atomic E-state index is -0.116. The smallest absolute Gasteiger partial charge is 0.229 e. The van der Waals surface area contributed by atoms with Crippen LogP contribution in [0.5, 0.6) is 0 Å². The first-order valence-electron chi connectivity index (χ1n) is 4.60. The molecule has 1 saturated heterocycles. The summed E-state index contributed by atoms with van der Waals surface area (Å²) >= 11 is 5.63. The summed E-state index contributed by atoms with van der Waals surface area (Å²) in [7, 11) is 0. The van der Waals surface area contributed by atoms with Crippen LogP contribution in [0.3, 0.4) is 0 Å². The Labute approximate surface area is 91.9 Å². The van der Waals surface area contributed by atoms with Gasteiger partial charge in [0.2, 0.25) is 11.8 Å². The second-order valence-corrected chi connectivity index (χ2v) is 3.75. The number of carbonyl (C=O) groups excluding carboxylic acids is 2. The van der Waals surface area contributed by atoms with E-state index in [0.717, 1.165) is 5.56 Å². The van der Waals surface area contributed by atoms with Gasteiger partial charge in [-0.3, -0.25) is 14.5 Å². The molecule has 0 atom stereocenters. The van der Waals surface area contributed by atoms with Gasteiger partial charge >= 0.3 is 0 Å². The predicted octanol–water partition coefficient (Wildman–Crippen LogP) is 1.38. The van der Waals surface area contributed by atoms with E-state index >= 15 is 0 Å². The standard InChI is InChI=1S/C10H9ClN2O2/c11-8-2-1-7(5-12-8)6-13-9(14)3-4-10(13)15/h1-2,5H,3-4,6H2. The largest absolute Gasteiger partial charge is 0.278 e. The Kier molecular flexibility index (Phi) is 2.68. The fourth-order valence-electron chi connectivity index (χ4n) is 1.48. The first-order chi connectivity index (χ1) is 7.16. The maximum absolute atomic E-state index is 11.3. The van der Waals surface area contributed by atoms with Crippen molar-refractivity contribution in [3.63, 3.8) is 0 Å². The number of pyridine rings is 1. The third-order valence-electron chi connectivity index (χ3n) is 2.28. The van der Waals surface area contributed by atoms with Crippen molar-refractivity contribution in [3.05, 3.63) is 29.0 Å². The van der Waals surface area contributed by atoms with Crippen molar-refractivity contribution in [2.24, 2.45) is 0 Å². The first-order valence-corrected chi connectivity index (χ1v) is 4.98. The van der Waals surface area contributed by atoms with E-state index in [1.165, 1.54) is 4.90 Å². The molecule has 15 heavy (non-hydrogen) atoms. The number of hydrogen-bond acceptors (Lipinski definition) is 3.